The first-order chi connectivity index (χ1) is 7.28. The molecule has 0 bridgehead atoms. The van der Waals surface area contributed by atoms with Gasteiger partial charge in [0.25, 0.3) is 0 Å². The van der Waals surface area contributed by atoms with Crippen molar-refractivity contribution in [1.82, 2.24) is 14.7 Å². The Labute approximate surface area is 90.5 Å². The molecular weight excluding hydrogens is 190 g/mol. The van der Waals surface area contributed by atoms with Crippen LogP contribution in [0.2, 0.25) is 0 Å². The maximum absolute atomic E-state index is 9.03. The van der Waals surface area contributed by atoms with E-state index in [0.29, 0.717) is 12.5 Å². The molecule has 1 unspecified atom stereocenters. The summed E-state index contributed by atoms with van der Waals surface area (Å²) in [5.74, 6) is 0.499. The second-order valence-corrected chi connectivity index (χ2v) is 4.41. The Bertz CT molecular complexity index is 311. The van der Waals surface area contributed by atoms with E-state index in [4.69, 9.17) is 5.11 Å². The Balaban J connectivity index is 1.75. The largest absolute Gasteiger partial charge is 0.396 e. The average molecular weight is 209 g/mol. The van der Waals surface area contributed by atoms with E-state index in [-0.39, 0.29) is 0 Å². The summed E-state index contributed by atoms with van der Waals surface area (Å²) in [7, 11) is 1.95. The SMILES string of the molecule is Cn1cc(CCN2CCC(CO)C2)cn1. The van der Waals surface area contributed by atoms with Crippen molar-refractivity contribution in [2.45, 2.75) is 12.8 Å². The summed E-state index contributed by atoms with van der Waals surface area (Å²) in [5.41, 5.74) is 1.30. The fraction of sp³-hybridized carbons (Fsp3) is 0.727. The summed E-state index contributed by atoms with van der Waals surface area (Å²) in [4.78, 5) is 2.42. The summed E-state index contributed by atoms with van der Waals surface area (Å²) in [6.07, 6.45) is 6.20. The second-order valence-electron chi connectivity index (χ2n) is 4.41. The van der Waals surface area contributed by atoms with Gasteiger partial charge in [0.15, 0.2) is 0 Å². The Kier molecular flexibility index (Phi) is 3.38. The van der Waals surface area contributed by atoms with Gasteiger partial charge in [0.2, 0.25) is 0 Å². The lowest BCUT2D eigenvalue weighted by Crippen LogP contribution is -2.23. The molecule has 1 aromatic heterocycles. The third kappa shape index (κ3) is 2.79. The normalized spacial score (nSPS) is 22.4. The van der Waals surface area contributed by atoms with Crippen molar-refractivity contribution in [2.75, 3.05) is 26.2 Å². The van der Waals surface area contributed by atoms with Gasteiger partial charge in [0, 0.05) is 32.9 Å². The standard InChI is InChI=1S/C11H19N3O/c1-13-7-10(6-12-13)2-4-14-5-3-11(8-14)9-15/h6-7,11,15H,2-5,8-9H2,1H3. The predicted molar refractivity (Wildman–Crippen MR) is 58.5 cm³/mol. The van der Waals surface area contributed by atoms with Gasteiger partial charge in [0.1, 0.15) is 0 Å². The molecule has 4 heteroatoms. The third-order valence-electron chi connectivity index (χ3n) is 3.10. The van der Waals surface area contributed by atoms with Crippen molar-refractivity contribution in [3.05, 3.63) is 18.0 Å². The van der Waals surface area contributed by atoms with E-state index in [2.05, 4.69) is 16.2 Å². The van der Waals surface area contributed by atoms with Crippen molar-refractivity contribution in [2.24, 2.45) is 13.0 Å². The summed E-state index contributed by atoms with van der Waals surface area (Å²) >= 11 is 0. The molecule has 0 radical (unpaired) electrons. The molecule has 0 aliphatic carbocycles. The van der Waals surface area contributed by atoms with Gasteiger partial charge in [-0.1, -0.05) is 0 Å². The minimum atomic E-state index is 0.337. The maximum Gasteiger partial charge on any atom is 0.0522 e. The zero-order valence-electron chi connectivity index (χ0n) is 9.26. The van der Waals surface area contributed by atoms with Crippen molar-refractivity contribution < 1.29 is 5.11 Å². The van der Waals surface area contributed by atoms with Gasteiger partial charge >= 0.3 is 0 Å². The zero-order chi connectivity index (χ0) is 10.7. The number of hydrogen-bond acceptors (Lipinski definition) is 3. The monoisotopic (exact) mass is 209 g/mol. The van der Waals surface area contributed by atoms with Crippen LogP contribution in [0.1, 0.15) is 12.0 Å². The fourth-order valence-corrected chi connectivity index (χ4v) is 2.15. The molecule has 0 spiro atoms. The highest BCUT2D eigenvalue weighted by molar-refractivity contribution is 5.04. The van der Waals surface area contributed by atoms with Gasteiger partial charge < -0.3 is 10.0 Å². The highest BCUT2D eigenvalue weighted by atomic mass is 16.3. The van der Waals surface area contributed by atoms with Crippen LogP contribution in [-0.2, 0) is 13.5 Å². The van der Waals surface area contributed by atoms with Crippen molar-refractivity contribution in [3.8, 4) is 0 Å². The molecule has 0 aromatic carbocycles. The first-order valence-corrected chi connectivity index (χ1v) is 5.58. The molecule has 1 fully saturated rings. The molecule has 2 rings (SSSR count). The van der Waals surface area contributed by atoms with E-state index < -0.39 is 0 Å². The fourth-order valence-electron chi connectivity index (χ4n) is 2.15. The molecule has 1 N–H and O–H groups in total. The summed E-state index contributed by atoms with van der Waals surface area (Å²) in [5, 5.41) is 13.2. The number of rotatable bonds is 4. The first kappa shape index (κ1) is 10.6. The van der Waals surface area contributed by atoms with E-state index in [1.165, 1.54) is 5.56 Å². The molecule has 1 atom stereocenters. The number of aliphatic hydroxyl groups is 1. The molecule has 2 heterocycles. The molecular formula is C11H19N3O. The van der Waals surface area contributed by atoms with Crippen LogP contribution in [-0.4, -0.2) is 46.0 Å². The van der Waals surface area contributed by atoms with Crippen LogP contribution in [0.4, 0.5) is 0 Å². The maximum atomic E-state index is 9.03. The Morgan fingerprint density at radius 3 is 3.07 bits per heavy atom. The van der Waals surface area contributed by atoms with Crippen LogP contribution in [0.25, 0.3) is 0 Å². The lowest BCUT2D eigenvalue weighted by molar-refractivity contribution is 0.222. The highest BCUT2D eigenvalue weighted by Crippen LogP contribution is 2.15. The Morgan fingerprint density at radius 2 is 2.47 bits per heavy atom. The van der Waals surface area contributed by atoms with E-state index in [0.717, 1.165) is 32.5 Å². The van der Waals surface area contributed by atoms with Crippen LogP contribution >= 0.6 is 0 Å². The average Bonchev–Trinajstić information content (AvgIpc) is 2.83. The molecule has 1 aromatic rings. The predicted octanol–water partition coefficient (Wildman–Crippen LogP) is 0.277. The smallest absolute Gasteiger partial charge is 0.0522 e. The molecule has 0 saturated carbocycles. The summed E-state index contributed by atoms with van der Waals surface area (Å²) < 4.78 is 1.84. The van der Waals surface area contributed by atoms with E-state index in [1.54, 1.807) is 0 Å². The van der Waals surface area contributed by atoms with Gasteiger partial charge in [-0.25, -0.2) is 0 Å². The van der Waals surface area contributed by atoms with Crippen LogP contribution < -0.4 is 0 Å². The van der Waals surface area contributed by atoms with Gasteiger partial charge in [-0.3, -0.25) is 4.68 Å². The van der Waals surface area contributed by atoms with Crippen LogP contribution in [0, 0.1) is 5.92 Å². The third-order valence-corrected chi connectivity index (χ3v) is 3.10. The number of aromatic nitrogens is 2. The quantitative estimate of drug-likeness (QED) is 0.774. The van der Waals surface area contributed by atoms with E-state index in [1.807, 2.05) is 17.9 Å². The molecule has 0 amide bonds. The number of aliphatic hydroxyl groups excluding tert-OH is 1. The van der Waals surface area contributed by atoms with Gasteiger partial charge in [-0.2, -0.15) is 5.10 Å². The minimum Gasteiger partial charge on any atom is -0.396 e. The molecule has 15 heavy (non-hydrogen) atoms. The Hall–Kier alpha value is -0.870. The number of hydrogen-bond donors (Lipinski definition) is 1. The minimum absolute atomic E-state index is 0.337. The van der Waals surface area contributed by atoms with E-state index in [9.17, 15) is 0 Å². The first-order valence-electron chi connectivity index (χ1n) is 5.58. The van der Waals surface area contributed by atoms with Gasteiger partial charge in [-0.15, -0.1) is 0 Å². The number of likely N-dealkylation sites (tertiary alicyclic amines) is 1. The molecule has 1 aliphatic rings. The molecule has 1 aliphatic heterocycles. The number of nitrogens with zero attached hydrogens (tertiary/aromatic N) is 3. The van der Waals surface area contributed by atoms with Crippen molar-refractivity contribution >= 4 is 0 Å². The Morgan fingerprint density at radius 1 is 1.60 bits per heavy atom. The topological polar surface area (TPSA) is 41.3 Å². The summed E-state index contributed by atoms with van der Waals surface area (Å²) in [6.45, 7) is 3.60. The van der Waals surface area contributed by atoms with Gasteiger partial charge in [-0.05, 0) is 30.9 Å². The van der Waals surface area contributed by atoms with Crippen molar-refractivity contribution in [3.63, 3.8) is 0 Å². The highest BCUT2D eigenvalue weighted by Gasteiger charge is 2.20. The van der Waals surface area contributed by atoms with Crippen LogP contribution in [0.15, 0.2) is 12.4 Å². The van der Waals surface area contributed by atoms with E-state index >= 15 is 0 Å². The summed E-state index contributed by atoms with van der Waals surface area (Å²) in [6, 6.07) is 0. The number of aryl methyl sites for hydroxylation is 1. The van der Waals surface area contributed by atoms with Gasteiger partial charge in [0.05, 0.1) is 6.20 Å². The lowest BCUT2D eigenvalue weighted by atomic mass is 10.1. The van der Waals surface area contributed by atoms with Crippen LogP contribution in [0.5, 0.6) is 0 Å². The van der Waals surface area contributed by atoms with Crippen LogP contribution in [0.3, 0.4) is 0 Å². The zero-order valence-corrected chi connectivity index (χ0v) is 9.26. The molecule has 1 saturated heterocycles. The second kappa shape index (κ2) is 4.77. The molecule has 4 nitrogen and oxygen atoms in total. The molecule has 84 valence electrons. The lowest BCUT2D eigenvalue weighted by Gasteiger charge is -2.14. The van der Waals surface area contributed by atoms with Crippen molar-refractivity contribution in [1.29, 1.82) is 0 Å².